The molecule has 2 aliphatic rings. The Labute approximate surface area is 153 Å². The van der Waals surface area contributed by atoms with E-state index >= 15 is 0 Å². The van der Waals surface area contributed by atoms with E-state index in [9.17, 15) is 0 Å². The van der Waals surface area contributed by atoms with Gasteiger partial charge in [-0.15, -0.1) is 0 Å². The molecule has 1 saturated carbocycles. The molecule has 1 saturated heterocycles. The van der Waals surface area contributed by atoms with Crippen LogP contribution in [0.25, 0.3) is 22.0 Å². The van der Waals surface area contributed by atoms with Gasteiger partial charge in [0.1, 0.15) is 5.82 Å². The number of fused-ring (bicyclic) bond motifs is 2. The Kier molecular flexibility index (Phi) is 3.69. The van der Waals surface area contributed by atoms with Crippen molar-refractivity contribution in [3.05, 3.63) is 60.2 Å². The third-order valence-corrected chi connectivity index (χ3v) is 6.09. The van der Waals surface area contributed by atoms with Gasteiger partial charge in [0.15, 0.2) is 0 Å². The van der Waals surface area contributed by atoms with Crippen molar-refractivity contribution in [3.8, 4) is 11.3 Å². The van der Waals surface area contributed by atoms with Crippen molar-refractivity contribution in [1.82, 2.24) is 9.88 Å². The van der Waals surface area contributed by atoms with Crippen molar-refractivity contribution in [2.45, 2.75) is 12.5 Å². The zero-order valence-corrected chi connectivity index (χ0v) is 14.8. The molecule has 4 N–H and O–H groups in total. The van der Waals surface area contributed by atoms with Crippen LogP contribution in [0.5, 0.6) is 0 Å². The first kappa shape index (κ1) is 15.8. The minimum Gasteiger partial charge on any atom is -0.384 e. The fraction of sp³-hybridized carbons (Fsp3) is 0.318. The van der Waals surface area contributed by atoms with E-state index in [0.29, 0.717) is 11.9 Å². The van der Waals surface area contributed by atoms with Crippen LogP contribution in [-0.4, -0.2) is 35.6 Å². The number of likely N-dealkylation sites (tertiary alicyclic amines) is 1. The van der Waals surface area contributed by atoms with E-state index in [4.69, 9.17) is 11.5 Å². The molecule has 1 aromatic heterocycles. The van der Waals surface area contributed by atoms with Gasteiger partial charge in [0.25, 0.3) is 0 Å². The highest BCUT2D eigenvalue weighted by atomic mass is 15.2. The summed E-state index contributed by atoms with van der Waals surface area (Å²) < 4.78 is 0. The third-order valence-electron chi connectivity index (χ3n) is 6.09. The highest BCUT2D eigenvalue weighted by molar-refractivity contribution is 5.97. The predicted molar refractivity (Wildman–Crippen MR) is 107 cm³/mol. The Morgan fingerprint density at radius 1 is 0.923 bits per heavy atom. The first-order valence-corrected chi connectivity index (χ1v) is 9.42. The Hall–Kier alpha value is -2.43. The Bertz CT molecular complexity index is 955. The minimum atomic E-state index is 0.470. The second-order valence-electron chi connectivity index (χ2n) is 7.68. The van der Waals surface area contributed by atoms with Gasteiger partial charge < -0.3 is 16.4 Å². The molecule has 2 heterocycles. The first-order chi connectivity index (χ1) is 12.7. The number of piperidine rings is 1. The molecule has 0 radical (unpaired) electrons. The third kappa shape index (κ3) is 2.66. The Morgan fingerprint density at radius 2 is 1.69 bits per heavy atom. The minimum absolute atomic E-state index is 0.470. The molecule has 132 valence electrons. The zero-order chi connectivity index (χ0) is 17.7. The Balaban J connectivity index is 1.43. The van der Waals surface area contributed by atoms with E-state index in [1.54, 1.807) is 0 Å². The lowest BCUT2D eigenvalue weighted by atomic mass is 9.96. The van der Waals surface area contributed by atoms with Crippen LogP contribution in [-0.2, 0) is 6.42 Å². The summed E-state index contributed by atoms with van der Waals surface area (Å²) in [6.45, 7) is 3.46. The number of anilines is 1. The van der Waals surface area contributed by atoms with Gasteiger partial charge in [0, 0.05) is 31.2 Å². The number of benzene rings is 2. The van der Waals surface area contributed by atoms with Crippen LogP contribution in [0.3, 0.4) is 0 Å². The van der Waals surface area contributed by atoms with Gasteiger partial charge >= 0.3 is 0 Å². The fourth-order valence-electron chi connectivity index (χ4n) is 4.53. The van der Waals surface area contributed by atoms with Gasteiger partial charge in [-0.3, -0.25) is 0 Å². The quantitative estimate of drug-likeness (QED) is 0.764. The molecule has 5 rings (SSSR count). The van der Waals surface area contributed by atoms with Crippen molar-refractivity contribution >= 4 is 16.6 Å². The second-order valence-corrected chi connectivity index (χ2v) is 7.68. The van der Waals surface area contributed by atoms with Gasteiger partial charge in [-0.1, -0.05) is 42.5 Å². The summed E-state index contributed by atoms with van der Waals surface area (Å²) in [7, 11) is 0. The lowest BCUT2D eigenvalue weighted by molar-refractivity contribution is 0.302. The van der Waals surface area contributed by atoms with Crippen LogP contribution < -0.4 is 11.5 Å². The van der Waals surface area contributed by atoms with Gasteiger partial charge in [0.2, 0.25) is 0 Å². The van der Waals surface area contributed by atoms with Crippen LogP contribution in [0.4, 0.5) is 5.82 Å². The molecule has 0 spiro atoms. The smallest absolute Gasteiger partial charge is 0.124 e. The summed E-state index contributed by atoms with van der Waals surface area (Å²) in [5.41, 5.74) is 15.4. The molecule has 2 fully saturated rings. The summed E-state index contributed by atoms with van der Waals surface area (Å²) in [4.78, 5) is 7.08. The van der Waals surface area contributed by atoms with Crippen LogP contribution >= 0.6 is 0 Å². The summed E-state index contributed by atoms with van der Waals surface area (Å²) in [5, 5.41) is 2.56. The molecule has 2 unspecified atom stereocenters. The number of pyridine rings is 1. The number of aromatic nitrogens is 1. The van der Waals surface area contributed by atoms with Gasteiger partial charge in [0.05, 0.1) is 5.69 Å². The topological polar surface area (TPSA) is 68.2 Å². The number of nitrogens with zero attached hydrogens (tertiary/aromatic N) is 2. The summed E-state index contributed by atoms with van der Waals surface area (Å²) >= 11 is 0. The van der Waals surface area contributed by atoms with Crippen LogP contribution in [0.2, 0.25) is 0 Å². The summed E-state index contributed by atoms with van der Waals surface area (Å²) in [6.07, 6.45) is 1.07. The molecule has 1 aliphatic carbocycles. The average molecular weight is 344 g/mol. The molecular formula is C22H24N4. The van der Waals surface area contributed by atoms with Crippen molar-refractivity contribution in [3.63, 3.8) is 0 Å². The van der Waals surface area contributed by atoms with E-state index < -0.39 is 0 Å². The van der Waals surface area contributed by atoms with Gasteiger partial charge in [-0.05, 0) is 46.7 Å². The molecule has 0 amide bonds. The SMILES string of the molecule is Nc1cccc(-c2ccc(CCN3CC4C(N)C4C3)c3ccccc23)n1. The standard InChI is InChI=1S/C22H24N4/c23-21-7-3-6-20(25-21)17-9-8-14(15-4-1-2-5-16(15)17)10-11-26-12-18-19(13-26)22(18)24/h1-9,18-19,22H,10-13,24H2,(H2,23,25). The van der Waals surface area contributed by atoms with Crippen molar-refractivity contribution in [2.75, 3.05) is 25.4 Å². The Morgan fingerprint density at radius 3 is 2.46 bits per heavy atom. The highest BCUT2D eigenvalue weighted by Gasteiger charge is 2.53. The first-order valence-electron chi connectivity index (χ1n) is 9.42. The van der Waals surface area contributed by atoms with Crippen molar-refractivity contribution < 1.29 is 0 Å². The van der Waals surface area contributed by atoms with Crippen LogP contribution in [0.1, 0.15) is 5.56 Å². The van der Waals surface area contributed by atoms with Crippen LogP contribution in [0, 0.1) is 11.8 Å². The maximum atomic E-state index is 6.06. The van der Waals surface area contributed by atoms with E-state index in [0.717, 1.165) is 36.1 Å². The monoisotopic (exact) mass is 344 g/mol. The number of nitrogens with two attached hydrogens (primary N) is 2. The number of hydrogen-bond donors (Lipinski definition) is 2. The largest absolute Gasteiger partial charge is 0.384 e. The van der Waals surface area contributed by atoms with E-state index in [-0.39, 0.29) is 0 Å². The summed E-state index contributed by atoms with van der Waals surface area (Å²) in [6, 6.07) is 19.3. The van der Waals surface area contributed by atoms with E-state index in [2.05, 4.69) is 46.3 Å². The molecule has 4 nitrogen and oxygen atoms in total. The zero-order valence-electron chi connectivity index (χ0n) is 14.8. The lowest BCUT2D eigenvalue weighted by Gasteiger charge is -2.19. The molecule has 26 heavy (non-hydrogen) atoms. The molecule has 0 bridgehead atoms. The molecule has 2 atom stereocenters. The van der Waals surface area contributed by atoms with Crippen molar-refractivity contribution in [2.24, 2.45) is 17.6 Å². The van der Waals surface area contributed by atoms with E-state index in [1.165, 1.54) is 29.4 Å². The number of rotatable bonds is 4. The number of hydrogen-bond acceptors (Lipinski definition) is 4. The van der Waals surface area contributed by atoms with Crippen LogP contribution in [0.15, 0.2) is 54.6 Å². The maximum absolute atomic E-state index is 6.06. The normalized spacial score (nSPS) is 24.7. The number of nitrogen functional groups attached to an aromatic ring is 1. The van der Waals surface area contributed by atoms with E-state index in [1.807, 2.05) is 18.2 Å². The average Bonchev–Trinajstić information content (AvgIpc) is 3.06. The molecule has 3 aromatic rings. The molecular weight excluding hydrogens is 320 g/mol. The van der Waals surface area contributed by atoms with Gasteiger partial charge in [-0.25, -0.2) is 4.98 Å². The molecule has 2 aromatic carbocycles. The molecule has 1 aliphatic heterocycles. The fourth-order valence-corrected chi connectivity index (χ4v) is 4.53. The predicted octanol–water partition coefficient (Wildman–Crippen LogP) is 2.92. The molecule has 4 heteroatoms. The highest BCUT2D eigenvalue weighted by Crippen LogP contribution is 2.43. The maximum Gasteiger partial charge on any atom is 0.124 e. The summed E-state index contributed by atoms with van der Waals surface area (Å²) in [5.74, 6) is 2.06. The second kappa shape index (κ2) is 6.08. The lowest BCUT2D eigenvalue weighted by Crippen LogP contribution is -2.30. The van der Waals surface area contributed by atoms with Crippen molar-refractivity contribution in [1.29, 1.82) is 0 Å². The van der Waals surface area contributed by atoms with Gasteiger partial charge in [-0.2, -0.15) is 0 Å².